The molecule has 1 amide bonds. The molecule has 1 aromatic rings. The molecule has 1 aromatic carbocycles. The van der Waals surface area contributed by atoms with Gasteiger partial charge in [-0.2, -0.15) is 0 Å². The normalized spacial score (nSPS) is 20.8. The summed E-state index contributed by atoms with van der Waals surface area (Å²) in [5.41, 5.74) is 0.721. The molecule has 0 aliphatic carbocycles. The van der Waals surface area contributed by atoms with Crippen molar-refractivity contribution in [2.24, 2.45) is 5.41 Å². The number of nitrogens with zero attached hydrogens (tertiary/aromatic N) is 2. The number of piperidine rings is 1. The van der Waals surface area contributed by atoms with E-state index in [0.717, 1.165) is 11.3 Å². The van der Waals surface area contributed by atoms with Crippen LogP contribution in [0.4, 0.5) is 0 Å². The Bertz CT molecular complexity index is 735. The zero-order valence-corrected chi connectivity index (χ0v) is 15.9. The minimum absolute atomic E-state index is 0.157. The number of hydrogen-bond acceptors (Lipinski definition) is 4. The highest BCUT2D eigenvalue weighted by molar-refractivity contribution is 7.89. The Hall–Kier alpha value is -1.60. The first-order valence-electron chi connectivity index (χ1n) is 8.70. The third kappa shape index (κ3) is 3.27. The van der Waals surface area contributed by atoms with E-state index in [9.17, 15) is 13.2 Å². The Labute approximate surface area is 149 Å². The second kappa shape index (κ2) is 6.61. The molecule has 2 saturated heterocycles. The van der Waals surface area contributed by atoms with Crippen molar-refractivity contribution in [1.82, 2.24) is 9.21 Å². The van der Waals surface area contributed by atoms with Crippen molar-refractivity contribution in [3.63, 3.8) is 0 Å². The summed E-state index contributed by atoms with van der Waals surface area (Å²) in [7, 11) is -1.60. The molecule has 0 N–H and O–H groups in total. The maximum absolute atomic E-state index is 12.7. The van der Waals surface area contributed by atoms with Crippen LogP contribution in [-0.2, 0) is 21.4 Å². The average molecular weight is 366 g/mol. The van der Waals surface area contributed by atoms with Crippen molar-refractivity contribution in [3.05, 3.63) is 29.8 Å². The van der Waals surface area contributed by atoms with Crippen LogP contribution in [0.5, 0.6) is 5.75 Å². The lowest BCUT2D eigenvalue weighted by molar-refractivity contribution is -0.165. The molecule has 0 radical (unpaired) electrons. The molecule has 2 aliphatic rings. The maximum atomic E-state index is 12.7. The zero-order valence-electron chi connectivity index (χ0n) is 15.1. The number of sulfonamides is 1. The van der Waals surface area contributed by atoms with E-state index < -0.39 is 15.3 Å². The van der Waals surface area contributed by atoms with Gasteiger partial charge in [0, 0.05) is 26.2 Å². The van der Waals surface area contributed by atoms with Crippen molar-refractivity contribution in [3.8, 4) is 5.75 Å². The van der Waals surface area contributed by atoms with Crippen LogP contribution in [0.15, 0.2) is 24.3 Å². The predicted molar refractivity (Wildman–Crippen MR) is 95.7 cm³/mol. The van der Waals surface area contributed by atoms with Gasteiger partial charge in [-0.1, -0.05) is 12.1 Å². The minimum Gasteiger partial charge on any atom is -0.497 e. The molecule has 1 spiro atoms. The van der Waals surface area contributed by atoms with Crippen LogP contribution >= 0.6 is 0 Å². The molecule has 6 nitrogen and oxygen atoms in total. The molecule has 0 atom stereocenters. The molecule has 138 valence electrons. The number of methoxy groups -OCH3 is 1. The monoisotopic (exact) mass is 366 g/mol. The fraction of sp³-hybridized carbons (Fsp3) is 0.611. The van der Waals surface area contributed by atoms with E-state index in [1.807, 2.05) is 29.2 Å². The van der Waals surface area contributed by atoms with Crippen LogP contribution in [0, 0.1) is 5.41 Å². The Balaban J connectivity index is 1.58. The van der Waals surface area contributed by atoms with Gasteiger partial charge in [0.25, 0.3) is 0 Å². The molecular weight excluding hydrogens is 340 g/mol. The third-order valence-corrected chi connectivity index (χ3v) is 7.68. The van der Waals surface area contributed by atoms with Crippen LogP contribution < -0.4 is 4.74 Å². The number of hydrogen-bond donors (Lipinski definition) is 0. The Morgan fingerprint density at radius 2 is 1.76 bits per heavy atom. The van der Waals surface area contributed by atoms with E-state index in [-0.39, 0.29) is 11.3 Å². The summed E-state index contributed by atoms with van der Waals surface area (Å²) in [5, 5.41) is -0.412. The van der Waals surface area contributed by atoms with Crippen LogP contribution in [0.3, 0.4) is 0 Å². The number of carbonyl (C=O) groups excluding carboxylic acids is 1. The summed E-state index contributed by atoms with van der Waals surface area (Å²) >= 11 is 0. The van der Waals surface area contributed by atoms with Gasteiger partial charge < -0.3 is 9.64 Å². The van der Waals surface area contributed by atoms with Gasteiger partial charge in [-0.15, -0.1) is 0 Å². The molecular formula is C18H26N2O4S. The van der Waals surface area contributed by atoms with Crippen molar-refractivity contribution < 1.29 is 17.9 Å². The summed E-state index contributed by atoms with van der Waals surface area (Å²) in [6.07, 6.45) is 1.24. The van der Waals surface area contributed by atoms with E-state index in [1.165, 1.54) is 0 Å². The van der Waals surface area contributed by atoms with E-state index in [0.29, 0.717) is 39.0 Å². The van der Waals surface area contributed by atoms with Crippen LogP contribution in [-0.4, -0.2) is 55.5 Å². The molecule has 2 fully saturated rings. The Morgan fingerprint density at radius 1 is 1.16 bits per heavy atom. The van der Waals surface area contributed by atoms with Crippen molar-refractivity contribution in [2.45, 2.75) is 38.5 Å². The van der Waals surface area contributed by atoms with Gasteiger partial charge in [0.1, 0.15) is 5.75 Å². The lowest BCUT2D eigenvalue weighted by Gasteiger charge is -2.52. The molecule has 0 unspecified atom stereocenters. The molecule has 0 aromatic heterocycles. The first kappa shape index (κ1) is 18.2. The van der Waals surface area contributed by atoms with Gasteiger partial charge in [-0.25, -0.2) is 12.7 Å². The van der Waals surface area contributed by atoms with Gasteiger partial charge in [-0.3, -0.25) is 4.79 Å². The molecule has 2 heterocycles. The van der Waals surface area contributed by atoms with Crippen molar-refractivity contribution >= 4 is 15.9 Å². The molecule has 25 heavy (non-hydrogen) atoms. The number of benzene rings is 1. The van der Waals surface area contributed by atoms with Gasteiger partial charge in [0.2, 0.25) is 15.9 Å². The van der Waals surface area contributed by atoms with Gasteiger partial charge in [-0.05, 0) is 44.4 Å². The van der Waals surface area contributed by atoms with Crippen LogP contribution in [0.25, 0.3) is 0 Å². The fourth-order valence-corrected chi connectivity index (χ4v) is 4.95. The van der Waals surface area contributed by atoms with E-state index in [1.54, 1.807) is 25.3 Å². The topological polar surface area (TPSA) is 66.9 Å². The SMILES string of the molecule is COc1ccc(CN2CC3(CCN(S(=O)(=O)C(C)C)CC3)C2=O)cc1. The zero-order chi connectivity index (χ0) is 18.2. The Morgan fingerprint density at radius 3 is 2.24 bits per heavy atom. The summed E-state index contributed by atoms with van der Waals surface area (Å²) in [6.45, 7) is 5.60. The Kier molecular flexibility index (Phi) is 4.81. The van der Waals surface area contributed by atoms with Gasteiger partial charge >= 0.3 is 0 Å². The summed E-state index contributed by atoms with van der Waals surface area (Å²) in [5.74, 6) is 0.957. The molecule has 0 saturated carbocycles. The molecule has 2 aliphatic heterocycles. The predicted octanol–water partition coefficient (Wildman–Crippen LogP) is 1.86. The minimum atomic E-state index is -3.22. The van der Waals surface area contributed by atoms with Crippen LogP contribution in [0.2, 0.25) is 0 Å². The number of rotatable bonds is 5. The highest BCUT2D eigenvalue weighted by Crippen LogP contribution is 2.43. The van der Waals surface area contributed by atoms with E-state index >= 15 is 0 Å². The van der Waals surface area contributed by atoms with Gasteiger partial charge in [0.05, 0.1) is 17.8 Å². The number of carbonyl (C=O) groups is 1. The van der Waals surface area contributed by atoms with Crippen molar-refractivity contribution in [1.29, 1.82) is 0 Å². The van der Waals surface area contributed by atoms with Crippen LogP contribution in [0.1, 0.15) is 32.3 Å². The first-order chi connectivity index (χ1) is 11.8. The third-order valence-electron chi connectivity index (χ3n) is 5.40. The number of β-lactam (4-membered cyclic amide) rings is 1. The molecule has 7 heteroatoms. The lowest BCUT2D eigenvalue weighted by Crippen LogP contribution is -2.64. The smallest absolute Gasteiger partial charge is 0.231 e. The number of ether oxygens (including phenoxy) is 1. The molecule has 3 rings (SSSR count). The highest BCUT2D eigenvalue weighted by Gasteiger charge is 2.53. The maximum Gasteiger partial charge on any atom is 0.231 e. The summed E-state index contributed by atoms with van der Waals surface area (Å²) in [4.78, 5) is 14.5. The summed E-state index contributed by atoms with van der Waals surface area (Å²) in [6, 6.07) is 7.72. The second-order valence-corrected chi connectivity index (χ2v) is 9.77. The van der Waals surface area contributed by atoms with E-state index in [2.05, 4.69) is 0 Å². The average Bonchev–Trinajstić information content (AvgIpc) is 2.62. The standard InChI is InChI=1S/C18H26N2O4S/c1-14(2)25(22,23)20-10-8-18(9-11-20)13-19(17(18)21)12-15-4-6-16(24-3)7-5-15/h4-7,14H,8-13H2,1-3H3. The fourth-order valence-electron chi connectivity index (χ4n) is 3.67. The largest absolute Gasteiger partial charge is 0.497 e. The summed E-state index contributed by atoms with van der Waals surface area (Å²) < 4.78 is 31.2. The molecule has 0 bridgehead atoms. The first-order valence-corrected chi connectivity index (χ1v) is 10.2. The lowest BCUT2D eigenvalue weighted by atomic mass is 9.71. The second-order valence-electron chi connectivity index (χ2n) is 7.28. The number of amides is 1. The van der Waals surface area contributed by atoms with Crippen molar-refractivity contribution in [2.75, 3.05) is 26.7 Å². The quantitative estimate of drug-likeness (QED) is 0.746. The number of likely N-dealkylation sites (tertiary alicyclic amines) is 1. The highest BCUT2D eigenvalue weighted by atomic mass is 32.2. The van der Waals surface area contributed by atoms with Gasteiger partial charge in [0.15, 0.2) is 0 Å². The van der Waals surface area contributed by atoms with E-state index in [4.69, 9.17) is 4.74 Å².